The number of rotatable bonds is 3. The van der Waals surface area contributed by atoms with E-state index in [2.05, 4.69) is 10.3 Å². The van der Waals surface area contributed by atoms with Crippen LogP contribution in [0.2, 0.25) is 0 Å². The summed E-state index contributed by atoms with van der Waals surface area (Å²) >= 11 is 0. The summed E-state index contributed by atoms with van der Waals surface area (Å²) in [7, 11) is 0. The van der Waals surface area contributed by atoms with Crippen molar-refractivity contribution in [3.05, 3.63) is 29.8 Å². The van der Waals surface area contributed by atoms with Crippen LogP contribution in [0, 0.1) is 23.6 Å². The molecule has 4 atom stereocenters. The van der Waals surface area contributed by atoms with Gasteiger partial charge >= 0.3 is 0 Å². The topological polar surface area (TPSA) is 42.0 Å². The van der Waals surface area contributed by atoms with Gasteiger partial charge < -0.3 is 5.32 Å². The summed E-state index contributed by atoms with van der Waals surface area (Å²) in [5.74, 6) is 1.29. The fourth-order valence-corrected chi connectivity index (χ4v) is 3.86. The molecule has 0 spiro atoms. The number of carbonyl (C=O) groups is 1. The Hall–Kier alpha value is -1.45. The molecular formula is C15H19FN2O. The van der Waals surface area contributed by atoms with Crippen LogP contribution in [0.15, 0.2) is 18.5 Å². The van der Waals surface area contributed by atoms with Crippen LogP contribution in [0.1, 0.15) is 43.0 Å². The molecule has 0 aromatic carbocycles. The highest BCUT2D eigenvalue weighted by molar-refractivity contribution is 5.94. The fraction of sp³-hybridized carbons (Fsp3) is 0.600. The second-order valence-corrected chi connectivity index (χ2v) is 5.96. The molecule has 2 aliphatic rings. The molecule has 2 aliphatic carbocycles. The van der Waals surface area contributed by atoms with Crippen LogP contribution in [0.3, 0.4) is 0 Å². The van der Waals surface area contributed by atoms with E-state index >= 15 is 0 Å². The zero-order valence-electron chi connectivity index (χ0n) is 11.1. The van der Waals surface area contributed by atoms with Crippen LogP contribution in [0.5, 0.6) is 0 Å². The van der Waals surface area contributed by atoms with Gasteiger partial charge in [0.1, 0.15) is 0 Å². The molecule has 0 saturated heterocycles. The molecule has 4 unspecified atom stereocenters. The van der Waals surface area contributed by atoms with Crippen LogP contribution in [-0.4, -0.2) is 16.9 Å². The summed E-state index contributed by atoms with van der Waals surface area (Å²) in [6.45, 7) is 2.04. The lowest BCUT2D eigenvalue weighted by atomic mass is 9.84. The molecule has 102 valence electrons. The van der Waals surface area contributed by atoms with E-state index in [1.165, 1.54) is 37.9 Å². The Kier molecular flexibility index (Phi) is 3.25. The number of carbonyl (C=O) groups excluding carboxylic acids is 1. The number of nitrogens with zero attached hydrogens (tertiary/aromatic N) is 1. The van der Waals surface area contributed by atoms with Crippen molar-refractivity contribution >= 4 is 5.91 Å². The first-order valence-electron chi connectivity index (χ1n) is 7.05. The molecule has 1 aromatic rings. The van der Waals surface area contributed by atoms with Crippen molar-refractivity contribution in [2.45, 2.75) is 38.6 Å². The predicted molar refractivity (Wildman–Crippen MR) is 70.1 cm³/mol. The number of pyridine rings is 1. The highest BCUT2D eigenvalue weighted by Gasteiger charge is 2.42. The molecular weight excluding hydrogens is 243 g/mol. The second kappa shape index (κ2) is 4.91. The zero-order chi connectivity index (χ0) is 13.4. The van der Waals surface area contributed by atoms with Gasteiger partial charge in [-0.1, -0.05) is 6.42 Å². The Bertz CT molecular complexity index is 491. The monoisotopic (exact) mass is 262 g/mol. The lowest BCUT2D eigenvalue weighted by Gasteiger charge is -2.28. The van der Waals surface area contributed by atoms with Gasteiger partial charge in [0.25, 0.3) is 5.91 Å². The summed E-state index contributed by atoms with van der Waals surface area (Å²) in [5.41, 5.74) is 0.0880. The Morgan fingerprint density at radius 1 is 1.47 bits per heavy atom. The van der Waals surface area contributed by atoms with Crippen LogP contribution in [-0.2, 0) is 0 Å². The van der Waals surface area contributed by atoms with Crippen LogP contribution < -0.4 is 5.32 Å². The summed E-state index contributed by atoms with van der Waals surface area (Å²) in [5, 5.41) is 2.96. The number of hydrogen-bond donors (Lipinski definition) is 1. The summed E-state index contributed by atoms with van der Waals surface area (Å²) in [4.78, 5) is 15.7. The van der Waals surface area contributed by atoms with Gasteiger partial charge in [0, 0.05) is 12.2 Å². The first-order chi connectivity index (χ1) is 9.15. The molecule has 19 heavy (non-hydrogen) atoms. The number of fused-ring (bicyclic) bond motifs is 2. The van der Waals surface area contributed by atoms with Crippen LogP contribution in [0.25, 0.3) is 0 Å². The van der Waals surface area contributed by atoms with Gasteiger partial charge in [-0.2, -0.15) is 0 Å². The molecule has 2 saturated carbocycles. The first-order valence-corrected chi connectivity index (χ1v) is 7.05. The standard InChI is InChI=1S/C15H19FN2O/c1-9(13-7-10-2-3-11(13)6-10)18-15(19)12-4-5-17-8-14(12)16/h4-5,8-11,13H,2-3,6-7H2,1H3,(H,18,19). The minimum absolute atomic E-state index is 0.0880. The molecule has 3 nitrogen and oxygen atoms in total. The van der Waals surface area contributed by atoms with E-state index in [-0.39, 0.29) is 17.5 Å². The van der Waals surface area contributed by atoms with Crippen LogP contribution >= 0.6 is 0 Å². The highest BCUT2D eigenvalue weighted by Crippen LogP contribution is 2.49. The van der Waals surface area contributed by atoms with Gasteiger partial charge in [-0.3, -0.25) is 9.78 Å². The van der Waals surface area contributed by atoms with Gasteiger partial charge in [0.2, 0.25) is 0 Å². The van der Waals surface area contributed by atoms with E-state index in [1.807, 2.05) is 6.92 Å². The zero-order valence-corrected chi connectivity index (χ0v) is 11.1. The molecule has 1 amide bonds. The van der Waals surface area contributed by atoms with Crippen molar-refractivity contribution < 1.29 is 9.18 Å². The van der Waals surface area contributed by atoms with Crippen molar-refractivity contribution in [3.63, 3.8) is 0 Å². The van der Waals surface area contributed by atoms with Gasteiger partial charge in [0.15, 0.2) is 5.82 Å². The number of amides is 1. The Morgan fingerprint density at radius 3 is 2.95 bits per heavy atom. The third-order valence-electron chi connectivity index (χ3n) is 4.81. The first kappa shape index (κ1) is 12.6. The largest absolute Gasteiger partial charge is 0.349 e. The van der Waals surface area contributed by atoms with Crippen molar-refractivity contribution in [1.29, 1.82) is 0 Å². The Morgan fingerprint density at radius 2 is 2.32 bits per heavy atom. The van der Waals surface area contributed by atoms with Gasteiger partial charge in [-0.25, -0.2) is 4.39 Å². The molecule has 1 aromatic heterocycles. The average Bonchev–Trinajstić information content (AvgIpc) is 3.01. The number of halogens is 1. The molecule has 1 N–H and O–H groups in total. The van der Waals surface area contributed by atoms with E-state index in [0.29, 0.717) is 5.92 Å². The smallest absolute Gasteiger partial charge is 0.254 e. The second-order valence-electron chi connectivity index (χ2n) is 5.96. The fourth-order valence-electron chi connectivity index (χ4n) is 3.86. The molecule has 4 heteroatoms. The van der Waals surface area contributed by atoms with E-state index in [4.69, 9.17) is 0 Å². The normalized spacial score (nSPS) is 30.3. The van der Waals surface area contributed by atoms with Crippen molar-refractivity contribution in [3.8, 4) is 0 Å². The third kappa shape index (κ3) is 2.36. The highest BCUT2D eigenvalue weighted by atomic mass is 19.1. The average molecular weight is 262 g/mol. The third-order valence-corrected chi connectivity index (χ3v) is 4.81. The minimum atomic E-state index is -0.555. The predicted octanol–water partition coefficient (Wildman–Crippen LogP) is 2.78. The lowest BCUT2D eigenvalue weighted by Crippen LogP contribution is -2.40. The van der Waals surface area contributed by atoms with Crippen molar-refractivity contribution in [1.82, 2.24) is 10.3 Å². The minimum Gasteiger partial charge on any atom is -0.349 e. The summed E-state index contributed by atoms with van der Waals surface area (Å²) in [6.07, 6.45) is 7.69. The quantitative estimate of drug-likeness (QED) is 0.910. The molecule has 0 aliphatic heterocycles. The molecule has 1 heterocycles. The summed E-state index contributed by atoms with van der Waals surface area (Å²) < 4.78 is 13.5. The Labute approximate surface area is 112 Å². The van der Waals surface area contributed by atoms with Crippen molar-refractivity contribution in [2.24, 2.45) is 17.8 Å². The van der Waals surface area contributed by atoms with Crippen molar-refractivity contribution in [2.75, 3.05) is 0 Å². The maximum absolute atomic E-state index is 13.5. The van der Waals surface area contributed by atoms with Gasteiger partial charge in [-0.15, -0.1) is 0 Å². The lowest BCUT2D eigenvalue weighted by molar-refractivity contribution is 0.0911. The summed E-state index contributed by atoms with van der Waals surface area (Å²) in [6, 6.07) is 1.55. The maximum Gasteiger partial charge on any atom is 0.254 e. The van der Waals surface area contributed by atoms with E-state index in [0.717, 1.165) is 18.0 Å². The SMILES string of the molecule is CC(NC(=O)c1ccncc1F)C1CC2CCC1C2. The van der Waals surface area contributed by atoms with E-state index in [9.17, 15) is 9.18 Å². The number of aromatic nitrogens is 1. The molecule has 2 bridgehead atoms. The Balaban J connectivity index is 1.65. The molecule has 0 radical (unpaired) electrons. The van der Waals surface area contributed by atoms with E-state index < -0.39 is 5.82 Å². The van der Waals surface area contributed by atoms with Gasteiger partial charge in [-0.05, 0) is 50.0 Å². The number of nitrogens with one attached hydrogen (secondary N) is 1. The van der Waals surface area contributed by atoms with E-state index in [1.54, 1.807) is 0 Å². The number of hydrogen-bond acceptors (Lipinski definition) is 2. The maximum atomic E-state index is 13.5. The molecule has 3 rings (SSSR count). The molecule has 2 fully saturated rings. The van der Waals surface area contributed by atoms with Gasteiger partial charge in [0.05, 0.1) is 11.8 Å². The van der Waals surface area contributed by atoms with Crippen LogP contribution in [0.4, 0.5) is 4.39 Å².